The van der Waals surface area contributed by atoms with Gasteiger partial charge in [-0.25, -0.2) is 4.79 Å². The molecule has 3 heteroatoms. The number of carbonyl (C=O) groups excluding carboxylic acids is 1. The quantitative estimate of drug-likeness (QED) is 0.391. The second kappa shape index (κ2) is 5.79. The minimum absolute atomic E-state index is 0.291. The number of esters is 1. The van der Waals surface area contributed by atoms with Gasteiger partial charge in [-0.1, -0.05) is 26.2 Å². The van der Waals surface area contributed by atoms with Crippen molar-refractivity contribution in [1.29, 1.82) is 0 Å². The Morgan fingerprint density at radius 1 is 1.33 bits per heavy atom. The maximum absolute atomic E-state index is 11.2. The lowest BCUT2D eigenvalue weighted by Crippen LogP contribution is -1.97. The molecule has 1 rings (SSSR count). The Kier molecular flexibility index (Phi) is 4.66. The van der Waals surface area contributed by atoms with Gasteiger partial charge in [-0.3, -0.25) is 0 Å². The Morgan fingerprint density at radius 2 is 2.07 bits per heavy atom. The van der Waals surface area contributed by atoms with Crippen molar-refractivity contribution in [3.8, 4) is 0 Å². The zero-order valence-electron chi connectivity index (χ0n) is 9.51. The summed E-state index contributed by atoms with van der Waals surface area (Å²) in [4.78, 5) is 11.2. The molecule has 0 aromatic rings. The number of ether oxygens (including phenoxy) is 1. The molecule has 1 aliphatic rings. The lowest BCUT2D eigenvalue weighted by atomic mass is 9.88. The van der Waals surface area contributed by atoms with Crippen molar-refractivity contribution in [1.82, 2.24) is 0 Å². The number of cyclic esters (lactones) is 1. The molecule has 1 heterocycles. The summed E-state index contributed by atoms with van der Waals surface area (Å²) in [6.07, 6.45) is 7.33. The van der Waals surface area contributed by atoms with E-state index in [0.29, 0.717) is 11.2 Å². The van der Waals surface area contributed by atoms with Gasteiger partial charge < -0.3 is 4.74 Å². The van der Waals surface area contributed by atoms with E-state index < -0.39 is 5.97 Å². The molecule has 2 nitrogen and oxygen atoms in total. The lowest BCUT2D eigenvalue weighted by molar-refractivity contribution is -0.132. The summed E-state index contributed by atoms with van der Waals surface area (Å²) in [6.45, 7) is 4.03. The van der Waals surface area contributed by atoms with Gasteiger partial charge in [-0.05, 0) is 36.9 Å². The van der Waals surface area contributed by atoms with E-state index >= 15 is 0 Å². The highest BCUT2D eigenvalue weighted by Crippen LogP contribution is 2.28. The highest BCUT2D eigenvalue weighted by molar-refractivity contribution is 6.37. The maximum Gasteiger partial charge on any atom is 0.329 e. The number of allylic oxidation sites excluding steroid dienone is 2. The van der Waals surface area contributed by atoms with Crippen molar-refractivity contribution in [2.24, 2.45) is 0 Å². The molecule has 2 radical (unpaired) electrons. The van der Waals surface area contributed by atoms with E-state index in [-0.39, 0.29) is 0 Å². The Morgan fingerprint density at radius 3 is 2.67 bits per heavy atom. The van der Waals surface area contributed by atoms with Gasteiger partial charge in [0, 0.05) is 0 Å². The summed E-state index contributed by atoms with van der Waals surface area (Å²) in [5.41, 5.74) is 1.18. The summed E-state index contributed by atoms with van der Waals surface area (Å²) in [6, 6.07) is 0. The smallest absolute Gasteiger partial charge is 0.329 e. The largest absolute Gasteiger partial charge is 0.424 e. The molecular weight excluding hydrogens is 187 g/mol. The third-order valence-electron chi connectivity index (χ3n) is 2.59. The van der Waals surface area contributed by atoms with Crippen molar-refractivity contribution < 1.29 is 9.53 Å². The number of hydrogen-bond acceptors (Lipinski definition) is 2. The van der Waals surface area contributed by atoms with Crippen LogP contribution in [-0.4, -0.2) is 13.8 Å². The van der Waals surface area contributed by atoms with E-state index in [1.165, 1.54) is 19.3 Å². The summed E-state index contributed by atoms with van der Waals surface area (Å²) >= 11 is 0. The van der Waals surface area contributed by atoms with Crippen LogP contribution in [0.2, 0.25) is 0 Å². The summed E-state index contributed by atoms with van der Waals surface area (Å²) < 4.78 is 5.02. The van der Waals surface area contributed by atoms with Crippen molar-refractivity contribution in [2.75, 3.05) is 0 Å². The van der Waals surface area contributed by atoms with E-state index in [0.717, 1.165) is 18.4 Å². The van der Waals surface area contributed by atoms with E-state index in [1.807, 2.05) is 6.92 Å². The second-order valence-electron chi connectivity index (χ2n) is 3.75. The second-order valence-corrected chi connectivity index (χ2v) is 3.75. The van der Waals surface area contributed by atoms with Crippen LogP contribution >= 0.6 is 0 Å². The van der Waals surface area contributed by atoms with Gasteiger partial charge in [0.05, 0.1) is 0 Å². The molecule has 0 fully saturated rings. The van der Waals surface area contributed by atoms with Gasteiger partial charge in [0.2, 0.25) is 0 Å². The lowest BCUT2D eigenvalue weighted by Gasteiger charge is -2.03. The zero-order chi connectivity index (χ0) is 11.3. The van der Waals surface area contributed by atoms with Gasteiger partial charge in [-0.15, -0.1) is 0 Å². The van der Waals surface area contributed by atoms with Crippen molar-refractivity contribution >= 4 is 13.8 Å². The molecule has 0 spiro atoms. The molecule has 0 aromatic heterocycles. The van der Waals surface area contributed by atoms with Crippen molar-refractivity contribution in [2.45, 2.75) is 46.0 Å². The van der Waals surface area contributed by atoms with Crippen molar-refractivity contribution in [3.63, 3.8) is 0 Å². The monoisotopic (exact) mass is 204 g/mol. The predicted octanol–water partition coefficient (Wildman–Crippen LogP) is 2.84. The minimum Gasteiger partial charge on any atom is -0.424 e. The Bertz CT molecular complexity index is 303. The van der Waals surface area contributed by atoms with Crippen LogP contribution in [0.25, 0.3) is 0 Å². The van der Waals surface area contributed by atoms with Crippen LogP contribution in [0, 0.1) is 0 Å². The summed E-state index contributed by atoms with van der Waals surface area (Å²) in [5.74, 6) is 0.252. The highest BCUT2D eigenvalue weighted by Gasteiger charge is 2.24. The summed E-state index contributed by atoms with van der Waals surface area (Å²) in [5, 5.41) is 0. The van der Waals surface area contributed by atoms with Gasteiger partial charge in [0.25, 0.3) is 0 Å². The van der Waals surface area contributed by atoms with Crippen molar-refractivity contribution in [3.05, 3.63) is 22.9 Å². The average molecular weight is 204 g/mol. The molecule has 0 saturated heterocycles. The number of rotatable bonds is 5. The van der Waals surface area contributed by atoms with E-state index in [1.54, 1.807) is 6.08 Å². The van der Waals surface area contributed by atoms with Crippen LogP contribution in [0.3, 0.4) is 0 Å². The number of hydrogen-bond donors (Lipinski definition) is 0. The molecule has 0 aromatic carbocycles. The average Bonchev–Trinajstić information content (AvgIpc) is 2.51. The first-order valence-corrected chi connectivity index (χ1v) is 5.58. The molecule has 0 atom stereocenters. The molecule has 0 aliphatic carbocycles. The minimum atomic E-state index is -0.395. The SMILES string of the molecule is [B]C1=C(CCCCCC)/C(=C/C)OC1=O. The molecule has 15 heavy (non-hydrogen) atoms. The zero-order valence-corrected chi connectivity index (χ0v) is 9.51. The summed E-state index contributed by atoms with van der Waals surface area (Å²) in [7, 11) is 5.67. The normalized spacial score (nSPS) is 18.8. The maximum atomic E-state index is 11.2. The highest BCUT2D eigenvalue weighted by atomic mass is 16.5. The molecule has 0 amide bonds. The fourth-order valence-electron chi connectivity index (χ4n) is 1.69. The molecule has 0 saturated carbocycles. The van der Waals surface area contributed by atoms with E-state index in [4.69, 9.17) is 12.6 Å². The first kappa shape index (κ1) is 12.1. The molecule has 80 valence electrons. The first-order valence-electron chi connectivity index (χ1n) is 5.58. The molecular formula is C12H17BO2. The third-order valence-corrected chi connectivity index (χ3v) is 2.59. The Hall–Kier alpha value is -0.985. The van der Waals surface area contributed by atoms with Gasteiger partial charge in [-0.2, -0.15) is 0 Å². The van der Waals surface area contributed by atoms with Gasteiger partial charge in [0.1, 0.15) is 13.6 Å². The topological polar surface area (TPSA) is 26.3 Å². The number of carbonyl (C=O) groups is 1. The van der Waals surface area contributed by atoms with Crippen LogP contribution in [0.5, 0.6) is 0 Å². The molecule has 0 bridgehead atoms. The van der Waals surface area contributed by atoms with Crippen LogP contribution in [0.4, 0.5) is 0 Å². The van der Waals surface area contributed by atoms with Gasteiger partial charge in [0.15, 0.2) is 0 Å². The van der Waals surface area contributed by atoms with E-state index in [9.17, 15) is 4.79 Å². The van der Waals surface area contributed by atoms with E-state index in [2.05, 4.69) is 6.92 Å². The first-order chi connectivity index (χ1) is 7.20. The molecule has 0 unspecified atom stereocenters. The predicted molar refractivity (Wildman–Crippen MR) is 61.4 cm³/mol. The van der Waals surface area contributed by atoms with Gasteiger partial charge >= 0.3 is 5.97 Å². The van der Waals surface area contributed by atoms with Crippen LogP contribution in [-0.2, 0) is 9.53 Å². The third kappa shape index (κ3) is 2.98. The molecule has 0 N–H and O–H groups in total. The fourth-order valence-corrected chi connectivity index (χ4v) is 1.69. The fraction of sp³-hybridized carbons (Fsp3) is 0.583. The Labute approximate surface area is 92.8 Å². The Balaban J connectivity index is 2.54. The molecule has 1 aliphatic heterocycles. The standard InChI is InChI=1S/C12H17BO2/c1-3-5-6-7-8-9-10(4-2)15-12(14)11(9)13/h4H,3,5-8H2,1-2H3/b10-4-. The van der Waals surface area contributed by atoms with Crippen LogP contribution < -0.4 is 0 Å². The van der Waals surface area contributed by atoms with Crippen LogP contribution in [0.15, 0.2) is 22.9 Å². The van der Waals surface area contributed by atoms with Crippen LogP contribution in [0.1, 0.15) is 46.0 Å². The number of unbranched alkanes of at least 4 members (excludes halogenated alkanes) is 3.